The smallest absolute Gasteiger partial charge is 0.194 e. The number of methoxy groups -OCH3 is 1. The molecule has 1 aromatic rings. The van der Waals surface area contributed by atoms with E-state index in [2.05, 4.69) is 29.3 Å². The zero-order valence-corrected chi connectivity index (χ0v) is 19.3. The van der Waals surface area contributed by atoms with Crippen molar-refractivity contribution in [3.8, 4) is 0 Å². The molecule has 27 heavy (non-hydrogen) atoms. The highest BCUT2D eigenvalue weighted by atomic mass is 127. The van der Waals surface area contributed by atoms with Crippen LogP contribution in [0.5, 0.6) is 0 Å². The lowest BCUT2D eigenvalue weighted by molar-refractivity contribution is 0.0536. The van der Waals surface area contributed by atoms with Crippen LogP contribution >= 0.6 is 35.6 Å². The Morgan fingerprint density at radius 1 is 1.37 bits per heavy atom. The van der Waals surface area contributed by atoms with Gasteiger partial charge in [0.15, 0.2) is 5.96 Å². The summed E-state index contributed by atoms with van der Waals surface area (Å²) in [6, 6.07) is 8.66. The largest absolute Gasteiger partial charge is 0.382 e. The molecule has 3 unspecified atom stereocenters. The van der Waals surface area contributed by atoms with Crippen LogP contribution in [0.2, 0.25) is 5.02 Å². The third-order valence-corrected chi connectivity index (χ3v) is 5.30. The Morgan fingerprint density at radius 3 is 2.96 bits per heavy atom. The number of rotatable bonds is 8. The number of nitrogens with one attached hydrogen (secondary N) is 1. The molecule has 1 aromatic carbocycles. The quantitative estimate of drug-likeness (QED) is 0.252. The maximum Gasteiger partial charge on any atom is 0.194 e. The molecule has 1 saturated heterocycles. The second kappa shape index (κ2) is 11.4. The van der Waals surface area contributed by atoms with Gasteiger partial charge >= 0.3 is 0 Å². The van der Waals surface area contributed by atoms with Crippen LogP contribution in [0.3, 0.4) is 0 Å². The summed E-state index contributed by atoms with van der Waals surface area (Å²) < 4.78 is 10.7. The summed E-state index contributed by atoms with van der Waals surface area (Å²) in [6.07, 6.45) is 2.29. The molecule has 0 spiro atoms. The van der Waals surface area contributed by atoms with Gasteiger partial charge in [-0.3, -0.25) is 4.99 Å². The predicted molar refractivity (Wildman–Crippen MR) is 121 cm³/mol. The van der Waals surface area contributed by atoms with Gasteiger partial charge in [-0.25, -0.2) is 0 Å². The summed E-state index contributed by atoms with van der Waals surface area (Å²) in [5.74, 6) is 2.14. The Morgan fingerprint density at radius 2 is 2.22 bits per heavy atom. The molecule has 3 atom stereocenters. The van der Waals surface area contributed by atoms with E-state index in [9.17, 15) is 0 Å². The van der Waals surface area contributed by atoms with Crippen molar-refractivity contribution in [2.24, 2.45) is 10.9 Å². The number of guanidine groups is 1. The monoisotopic (exact) mass is 507 g/mol. The Labute approximate surface area is 184 Å². The van der Waals surface area contributed by atoms with E-state index in [4.69, 9.17) is 26.1 Å². The predicted octanol–water partition coefficient (Wildman–Crippen LogP) is 3.76. The zero-order chi connectivity index (χ0) is 18.4. The molecule has 0 amide bonds. The van der Waals surface area contributed by atoms with Crippen molar-refractivity contribution in [3.05, 3.63) is 34.9 Å². The first-order valence-corrected chi connectivity index (χ1v) is 9.97. The molecule has 5 nitrogen and oxygen atoms in total. The SMILES string of the molecule is CCN=C(NC1CC1c1cccc(Cl)c1)N1CCC(COCCOC)C1.I. The van der Waals surface area contributed by atoms with Gasteiger partial charge in [-0.1, -0.05) is 23.7 Å². The van der Waals surface area contributed by atoms with Crippen molar-refractivity contribution in [2.75, 3.05) is 46.6 Å². The third-order valence-electron chi connectivity index (χ3n) is 5.06. The number of ether oxygens (including phenoxy) is 2. The number of benzene rings is 1. The number of nitrogens with zero attached hydrogens (tertiary/aromatic N) is 2. The minimum Gasteiger partial charge on any atom is -0.382 e. The van der Waals surface area contributed by atoms with E-state index in [1.54, 1.807) is 7.11 Å². The Kier molecular flexibility index (Phi) is 9.62. The van der Waals surface area contributed by atoms with Gasteiger partial charge in [0.1, 0.15) is 0 Å². The van der Waals surface area contributed by atoms with E-state index >= 15 is 0 Å². The fourth-order valence-corrected chi connectivity index (χ4v) is 3.76. The summed E-state index contributed by atoms with van der Waals surface area (Å²) in [5, 5.41) is 4.48. The third kappa shape index (κ3) is 6.76. The molecular formula is C20H31ClIN3O2. The highest BCUT2D eigenvalue weighted by Crippen LogP contribution is 2.41. The van der Waals surface area contributed by atoms with E-state index in [1.165, 1.54) is 5.56 Å². The minimum atomic E-state index is 0. The van der Waals surface area contributed by atoms with Gasteiger partial charge in [0.2, 0.25) is 0 Å². The van der Waals surface area contributed by atoms with Crippen LogP contribution in [-0.2, 0) is 9.47 Å². The Balaban J connectivity index is 0.00000261. The molecule has 1 N–H and O–H groups in total. The van der Waals surface area contributed by atoms with Crippen LogP contribution in [0, 0.1) is 5.92 Å². The molecule has 1 saturated carbocycles. The van der Waals surface area contributed by atoms with Crippen molar-refractivity contribution in [2.45, 2.75) is 31.7 Å². The molecule has 7 heteroatoms. The lowest BCUT2D eigenvalue weighted by Crippen LogP contribution is -2.42. The van der Waals surface area contributed by atoms with Crippen molar-refractivity contribution >= 4 is 41.5 Å². The van der Waals surface area contributed by atoms with E-state index in [1.807, 2.05) is 12.1 Å². The van der Waals surface area contributed by atoms with Crippen LogP contribution in [0.15, 0.2) is 29.3 Å². The zero-order valence-electron chi connectivity index (χ0n) is 16.2. The topological polar surface area (TPSA) is 46.1 Å². The van der Waals surface area contributed by atoms with Crippen molar-refractivity contribution < 1.29 is 9.47 Å². The summed E-state index contributed by atoms with van der Waals surface area (Å²) in [6.45, 7) is 7.06. The van der Waals surface area contributed by atoms with E-state index in [0.29, 0.717) is 31.1 Å². The molecule has 0 radical (unpaired) electrons. The molecule has 1 aliphatic carbocycles. The van der Waals surface area contributed by atoms with Crippen LogP contribution in [0.1, 0.15) is 31.2 Å². The van der Waals surface area contributed by atoms with Gasteiger partial charge in [0, 0.05) is 49.6 Å². The van der Waals surface area contributed by atoms with Crippen LogP contribution in [0.25, 0.3) is 0 Å². The molecule has 3 rings (SSSR count). The standard InChI is InChI=1S/C20H30ClN3O2.HI/c1-3-22-20(24-8-7-15(13-24)14-26-10-9-25-2)23-19-12-18(19)16-5-4-6-17(21)11-16;/h4-6,11,15,18-19H,3,7-10,12-14H2,1-2H3,(H,22,23);1H. The molecular weight excluding hydrogens is 477 g/mol. The van der Waals surface area contributed by atoms with E-state index < -0.39 is 0 Å². The van der Waals surface area contributed by atoms with Crippen molar-refractivity contribution in [1.82, 2.24) is 10.2 Å². The molecule has 0 bridgehead atoms. The second-order valence-corrected chi connectivity index (χ2v) is 7.55. The summed E-state index contributed by atoms with van der Waals surface area (Å²) in [5.41, 5.74) is 1.32. The van der Waals surface area contributed by atoms with Gasteiger partial charge in [-0.15, -0.1) is 24.0 Å². The van der Waals surface area contributed by atoms with Gasteiger partial charge in [-0.2, -0.15) is 0 Å². The first-order chi connectivity index (χ1) is 12.7. The highest BCUT2D eigenvalue weighted by molar-refractivity contribution is 14.0. The van der Waals surface area contributed by atoms with Gasteiger partial charge in [0.05, 0.1) is 19.8 Å². The Hall–Kier alpha value is -0.570. The van der Waals surface area contributed by atoms with Gasteiger partial charge in [0.25, 0.3) is 0 Å². The molecule has 152 valence electrons. The maximum atomic E-state index is 6.13. The van der Waals surface area contributed by atoms with Gasteiger partial charge < -0.3 is 19.7 Å². The fraction of sp³-hybridized carbons (Fsp3) is 0.650. The van der Waals surface area contributed by atoms with Crippen LogP contribution < -0.4 is 5.32 Å². The minimum absolute atomic E-state index is 0. The number of hydrogen-bond acceptors (Lipinski definition) is 3. The highest BCUT2D eigenvalue weighted by Gasteiger charge is 2.40. The second-order valence-electron chi connectivity index (χ2n) is 7.11. The molecule has 0 aromatic heterocycles. The maximum absolute atomic E-state index is 6.13. The number of aliphatic imine (C=N–C) groups is 1. The molecule has 2 fully saturated rings. The number of hydrogen-bond donors (Lipinski definition) is 1. The normalized spacial score (nSPS) is 24.6. The molecule has 2 aliphatic rings. The molecule has 1 aliphatic heterocycles. The summed E-state index contributed by atoms with van der Waals surface area (Å²) >= 11 is 6.13. The van der Waals surface area contributed by atoms with Crippen LogP contribution in [0.4, 0.5) is 0 Å². The van der Waals surface area contributed by atoms with Crippen LogP contribution in [-0.4, -0.2) is 63.5 Å². The average molecular weight is 508 g/mol. The molecule has 1 heterocycles. The van der Waals surface area contributed by atoms with Crippen molar-refractivity contribution in [3.63, 3.8) is 0 Å². The number of halogens is 2. The van der Waals surface area contributed by atoms with E-state index in [0.717, 1.165) is 50.1 Å². The number of likely N-dealkylation sites (tertiary alicyclic amines) is 1. The summed E-state index contributed by atoms with van der Waals surface area (Å²) in [7, 11) is 1.70. The van der Waals surface area contributed by atoms with Gasteiger partial charge in [-0.05, 0) is 37.5 Å². The lowest BCUT2D eigenvalue weighted by Gasteiger charge is -2.22. The van der Waals surface area contributed by atoms with Crippen molar-refractivity contribution in [1.29, 1.82) is 0 Å². The fourth-order valence-electron chi connectivity index (χ4n) is 3.57. The Bertz CT molecular complexity index is 617. The van der Waals surface area contributed by atoms with E-state index in [-0.39, 0.29) is 24.0 Å². The average Bonchev–Trinajstić information content (AvgIpc) is 3.25. The lowest BCUT2D eigenvalue weighted by atomic mass is 10.1. The first kappa shape index (κ1) is 22.7. The summed E-state index contributed by atoms with van der Waals surface area (Å²) in [4.78, 5) is 7.10. The first-order valence-electron chi connectivity index (χ1n) is 9.59.